The minimum Gasteiger partial charge on any atom is -0.367 e. The maximum atomic E-state index is 5.77. The number of aromatic nitrogens is 2. The van der Waals surface area contributed by atoms with E-state index in [0.717, 1.165) is 37.7 Å². The van der Waals surface area contributed by atoms with Gasteiger partial charge in [-0.25, -0.2) is 0 Å². The Bertz CT molecular complexity index is 434. The van der Waals surface area contributed by atoms with E-state index in [1.165, 1.54) is 25.7 Å². The van der Waals surface area contributed by atoms with Gasteiger partial charge in [0, 0.05) is 19.1 Å². The third-order valence-electron chi connectivity index (χ3n) is 4.89. The van der Waals surface area contributed by atoms with Crippen molar-refractivity contribution in [2.75, 3.05) is 13.7 Å². The maximum Gasteiger partial charge on any atom is 0.228 e. The Morgan fingerprint density at radius 3 is 2.80 bits per heavy atom. The first-order valence-electron chi connectivity index (χ1n) is 7.85. The van der Waals surface area contributed by atoms with Crippen molar-refractivity contribution in [3.63, 3.8) is 0 Å². The highest BCUT2D eigenvalue weighted by Crippen LogP contribution is 2.34. The lowest BCUT2D eigenvalue weighted by Crippen LogP contribution is -2.34. The molecule has 0 amide bonds. The van der Waals surface area contributed by atoms with Gasteiger partial charge in [0.2, 0.25) is 11.7 Å². The van der Waals surface area contributed by atoms with E-state index in [-0.39, 0.29) is 5.60 Å². The second-order valence-electron chi connectivity index (χ2n) is 6.34. The van der Waals surface area contributed by atoms with Crippen molar-refractivity contribution in [1.29, 1.82) is 0 Å². The van der Waals surface area contributed by atoms with Crippen LogP contribution in [-0.2, 0) is 16.8 Å². The van der Waals surface area contributed by atoms with Crippen LogP contribution >= 0.6 is 0 Å². The van der Waals surface area contributed by atoms with Gasteiger partial charge < -0.3 is 14.6 Å². The Hall–Kier alpha value is -0.940. The molecular formula is C15H25N3O2. The van der Waals surface area contributed by atoms with Crippen LogP contribution in [-0.4, -0.2) is 29.8 Å². The molecule has 2 heterocycles. The van der Waals surface area contributed by atoms with E-state index in [4.69, 9.17) is 9.26 Å². The molecule has 3 rings (SSSR count). The summed E-state index contributed by atoms with van der Waals surface area (Å²) in [5, 5.41) is 7.57. The molecule has 5 nitrogen and oxygen atoms in total. The van der Waals surface area contributed by atoms with Crippen molar-refractivity contribution in [3.8, 4) is 0 Å². The second-order valence-corrected chi connectivity index (χ2v) is 6.34. The highest BCUT2D eigenvalue weighted by molar-refractivity contribution is 5.02. The molecular weight excluding hydrogens is 254 g/mol. The first kappa shape index (κ1) is 14.0. The van der Waals surface area contributed by atoms with Crippen molar-refractivity contribution in [1.82, 2.24) is 15.5 Å². The lowest BCUT2D eigenvalue weighted by atomic mass is 9.95. The third kappa shape index (κ3) is 2.74. The van der Waals surface area contributed by atoms with Crippen LogP contribution in [0.3, 0.4) is 0 Å². The Morgan fingerprint density at radius 1 is 1.35 bits per heavy atom. The molecule has 1 N–H and O–H groups in total. The van der Waals surface area contributed by atoms with Crippen LogP contribution in [0, 0.1) is 5.92 Å². The lowest BCUT2D eigenvalue weighted by Gasteiger charge is -2.21. The van der Waals surface area contributed by atoms with E-state index < -0.39 is 0 Å². The predicted octanol–water partition coefficient (Wildman–Crippen LogP) is 2.42. The van der Waals surface area contributed by atoms with Crippen molar-refractivity contribution < 1.29 is 9.26 Å². The molecule has 1 saturated carbocycles. The smallest absolute Gasteiger partial charge is 0.228 e. The topological polar surface area (TPSA) is 60.2 Å². The van der Waals surface area contributed by atoms with E-state index >= 15 is 0 Å². The zero-order chi connectivity index (χ0) is 14.0. The fraction of sp³-hybridized carbons (Fsp3) is 0.867. The summed E-state index contributed by atoms with van der Waals surface area (Å²) in [6, 6.07) is 0.447. The van der Waals surface area contributed by atoms with Gasteiger partial charge in [0.05, 0.1) is 0 Å². The van der Waals surface area contributed by atoms with E-state index in [1.807, 2.05) is 7.05 Å². The van der Waals surface area contributed by atoms with Crippen LogP contribution in [0.1, 0.15) is 57.2 Å². The molecule has 0 radical (unpaired) electrons. The average molecular weight is 279 g/mol. The minimum atomic E-state index is -0.343. The molecule has 1 aromatic heterocycles. The predicted molar refractivity (Wildman–Crippen MR) is 75.3 cm³/mol. The van der Waals surface area contributed by atoms with Crippen molar-refractivity contribution in [3.05, 3.63) is 11.7 Å². The van der Waals surface area contributed by atoms with Gasteiger partial charge in [0.1, 0.15) is 5.60 Å². The highest BCUT2D eigenvalue weighted by Gasteiger charge is 2.37. The normalized spacial score (nSPS) is 29.1. The van der Waals surface area contributed by atoms with Gasteiger partial charge in [0.25, 0.3) is 0 Å². The molecule has 1 aromatic rings. The van der Waals surface area contributed by atoms with E-state index in [1.54, 1.807) is 0 Å². The van der Waals surface area contributed by atoms with E-state index in [2.05, 4.69) is 22.4 Å². The summed E-state index contributed by atoms with van der Waals surface area (Å²) in [5.41, 5.74) is -0.343. The molecule has 112 valence electrons. The lowest BCUT2D eigenvalue weighted by molar-refractivity contribution is 0.00768. The van der Waals surface area contributed by atoms with Crippen LogP contribution < -0.4 is 5.32 Å². The quantitative estimate of drug-likeness (QED) is 0.897. The number of hydrogen-bond donors (Lipinski definition) is 1. The minimum absolute atomic E-state index is 0.343. The highest BCUT2D eigenvalue weighted by atomic mass is 16.5. The van der Waals surface area contributed by atoms with Gasteiger partial charge in [0.15, 0.2) is 0 Å². The zero-order valence-electron chi connectivity index (χ0n) is 12.5. The van der Waals surface area contributed by atoms with Crippen molar-refractivity contribution in [2.45, 2.75) is 63.5 Å². The molecule has 1 saturated heterocycles. The van der Waals surface area contributed by atoms with Gasteiger partial charge in [-0.1, -0.05) is 18.0 Å². The molecule has 2 fully saturated rings. The first-order chi connectivity index (χ1) is 9.71. The summed E-state index contributed by atoms with van der Waals surface area (Å²) < 4.78 is 11.2. The molecule has 1 aliphatic carbocycles. The third-order valence-corrected chi connectivity index (χ3v) is 4.89. The van der Waals surface area contributed by atoms with Gasteiger partial charge in [-0.2, -0.15) is 4.98 Å². The summed E-state index contributed by atoms with van der Waals surface area (Å²) in [5.74, 6) is 2.20. The fourth-order valence-electron chi connectivity index (χ4n) is 3.56. The summed E-state index contributed by atoms with van der Waals surface area (Å²) in [7, 11) is 2.03. The molecule has 2 unspecified atom stereocenters. The van der Waals surface area contributed by atoms with Gasteiger partial charge in [-0.05, 0) is 45.6 Å². The Morgan fingerprint density at radius 2 is 2.15 bits per heavy atom. The zero-order valence-corrected chi connectivity index (χ0v) is 12.5. The summed E-state index contributed by atoms with van der Waals surface area (Å²) >= 11 is 0. The summed E-state index contributed by atoms with van der Waals surface area (Å²) in [6.45, 7) is 2.85. The Labute approximate surface area is 120 Å². The number of likely N-dealkylation sites (N-methyl/N-ethyl adjacent to an activating group) is 1. The number of nitrogens with zero attached hydrogens (tertiary/aromatic N) is 2. The number of hydrogen-bond acceptors (Lipinski definition) is 5. The molecule has 20 heavy (non-hydrogen) atoms. The van der Waals surface area contributed by atoms with Gasteiger partial charge in [-0.3, -0.25) is 0 Å². The molecule has 2 aliphatic rings. The van der Waals surface area contributed by atoms with Crippen molar-refractivity contribution in [2.24, 2.45) is 5.92 Å². The number of nitrogens with one attached hydrogen (secondary N) is 1. The van der Waals surface area contributed by atoms with Crippen LogP contribution in [0.15, 0.2) is 4.52 Å². The molecule has 5 heteroatoms. The number of ether oxygens (including phenoxy) is 1. The Kier molecular flexibility index (Phi) is 4.08. The molecule has 2 atom stereocenters. The second kappa shape index (κ2) is 5.82. The van der Waals surface area contributed by atoms with E-state index in [0.29, 0.717) is 11.9 Å². The van der Waals surface area contributed by atoms with E-state index in [9.17, 15) is 0 Å². The van der Waals surface area contributed by atoms with Crippen molar-refractivity contribution >= 4 is 0 Å². The summed E-state index contributed by atoms with van der Waals surface area (Å²) in [4.78, 5) is 4.58. The first-order valence-corrected chi connectivity index (χ1v) is 7.85. The van der Waals surface area contributed by atoms with Crippen LogP contribution in [0.4, 0.5) is 0 Å². The van der Waals surface area contributed by atoms with Crippen LogP contribution in [0.5, 0.6) is 0 Å². The maximum absolute atomic E-state index is 5.77. The average Bonchev–Trinajstić information content (AvgIpc) is 3.17. The van der Waals surface area contributed by atoms with Crippen LogP contribution in [0.25, 0.3) is 0 Å². The standard InChI is InChI=1S/C15H25N3O2/c1-15(8-5-9-19-15)14-17-13(20-18-14)10-12(16-2)11-6-3-4-7-11/h11-12,16H,3-10H2,1-2H3. The van der Waals surface area contributed by atoms with Gasteiger partial charge >= 0.3 is 0 Å². The molecule has 0 spiro atoms. The fourth-order valence-corrected chi connectivity index (χ4v) is 3.56. The van der Waals surface area contributed by atoms with Crippen LogP contribution in [0.2, 0.25) is 0 Å². The molecule has 0 bridgehead atoms. The molecule has 1 aliphatic heterocycles. The largest absolute Gasteiger partial charge is 0.367 e. The monoisotopic (exact) mass is 279 g/mol. The van der Waals surface area contributed by atoms with Gasteiger partial charge in [-0.15, -0.1) is 0 Å². The summed E-state index contributed by atoms with van der Waals surface area (Å²) in [6.07, 6.45) is 8.20. The molecule has 0 aromatic carbocycles. The number of rotatable bonds is 5. The Balaban J connectivity index is 1.66. The SMILES string of the molecule is CNC(Cc1nc(C2(C)CCCO2)no1)C1CCCC1.